The first kappa shape index (κ1) is 38.8. The Morgan fingerprint density at radius 2 is 0.880 bits per heavy atom. The van der Waals surface area contributed by atoms with E-state index in [1.54, 1.807) is 0 Å². The summed E-state index contributed by atoms with van der Waals surface area (Å²) in [7, 11) is 5.94. The summed E-state index contributed by atoms with van der Waals surface area (Å²) < 4.78 is 32.0. The molecule has 2 unspecified atom stereocenters. The number of nitrogens with one attached hydrogen (secondary N) is 2. The molecule has 2 aromatic heterocycles. The van der Waals surface area contributed by atoms with Crippen LogP contribution in [-0.4, -0.2) is 73.3 Å². The van der Waals surface area contributed by atoms with Crippen LogP contribution in [-0.2, 0) is 9.59 Å². The van der Waals surface area contributed by atoms with Gasteiger partial charge < -0.3 is 39.1 Å². The van der Waals surface area contributed by atoms with Crippen molar-refractivity contribution < 1.29 is 38.0 Å². The Morgan fingerprint density at radius 3 is 1.16 bits per heavy atom. The number of nitrogens with zero attached hydrogens (tertiary/aromatic N) is 4. The van der Waals surface area contributed by atoms with Crippen molar-refractivity contribution in [2.24, 2.45) is 0 Å². The molecule has 2 N–H and O–H groups in total. The first-order chi connectivity index (χ1) is 24.3. The van der Waals surface area contributed by atoms with E-state index in [0.29, 0.717) is 47.7 Å². The number of unbranched alkanes of at least 4 members (excludes halogenated alkanes) is 2. The van der Waals surface area contributed by atoms with Crippen LogP contribution in [0.2, 0.25) is 0 Å². The van der Waals surface area contributed by atoms with Crippen molar-refractivity contribution in [1.82, 2.24) is 30.6 Å². The number of hydrogen-bond donors (Lipinski definition) is 2. The van der Waals surface area contributed by atoms with E-state index in [4.69, 9.17) is 28.4 Å². The molecule has 268 valence electrons. The molecule has 50 heavy (non-hydrogen) atoms. The molecule has 14 nitrogen and oxygen atoms in total. The molecule has 0 aliphatic carbocycles. The van der Waals surface area contributed by atoms with Crippen LogP contribution in [0.3, 0.4) is 0 Å². The summed E-state index contributed by atoms with van der Waals surface area (Å²) in [5.74, 6) is 0.676. The maximum absolute atomic E-state index is 12.6. The van der Waals surface area contributed by atoms with E-state index in [0.717, 1.165) is 25.7 Å². The Bertz CT molecular complexity index is 1430. The van der Waals surface area contributed by atoms with Crippen LogP contribution in [0.15, 0.2) is 72.8 Å². The topological polar surface area (TPSA) is 165 Å². The first-order valence-corrected chi connectivity index (χ1v) is 16.3. The summed E-state index contributed by atoms with van der Waals surface area (Å²) in [6.07, 6.45) is 2.05. The van der Waals surface area contributed by atoms with Gasteiger partial charge in [-0.2, -0.15) is 19.9 Å². The average molecular weight is 691 g/mol. The first-order valence-electron chi connectivity index (χ1n) is 16.3. The number of carbonyl (C=O) groups is 2. The van der Waals surface area contributed by atoms with Gasteiger partial charge in [0.05, 0.1) is 40.6 Å². The van der Waals surface area contributed by atoms with Crippen molar-refractivity contribution in [2.45, 2.75) is 51.7 Å². The summed E-state index contributed by atoms with van der Waals surface area (Å²) in [6, 6.07) is 21.5. The van der Waals surface area contributed by atoms with Crippen LogP contribution in [0.25, 0.3) is 0 Å². The number of ether oxygens (including phenoxy) is 6. The van der Waals surface area contributed by atoms with E-state index in [-0.39, 0.29) is 23.8 Å². The number of hydrogen-bond acceptors (Lipinski definition) is 12. The Hall–Kier alpha value is -5.66. The summed E-state index contributed by atoms with van der Waals surface area (Å²) in [4.78, 5) is 41.7. The average Bonchev–Trinajstić information content (AvgIpc) is 3.16. The fourth-order valence-electron chi connectivity index (χ4n) is 4.27. The number of methoxy groups -OCH3 is 4. The van der Waals surface area contributed by atoms with E-state index in [1.165, 1.54) is 40.6 Å². The molecule has 0 aliphatic heterocycles. The van der Waals surface area contributed by atoms with Crippen molar-refractivity contribution in [1.29, 1.82) is 0 Å². The van der Waals surface area contributed by atoms with Crippen LogP contribution in [0.4, 0.5) is 0 Å². The molecule has 0 saturated heterocycles. The lowest BCUT2D eigenvalue weighted by Gasteiger charge is -2.18. The van der Waals surface area contributed by atoms with Crippen molar-refractivity contribution in [3.05, 3.63) is 83.9 Å². The van der Waals surface area contributed by atoms with E-state index < -0.39 is 12.2 Å². The van der Waals surface area contributed by atoms with Gasteiger partial charge in [0.15, 0.2) is 0 Å². The van der Waals surface area contributed by atoms with Gasteiger partial charge in [0, 0.05) is 24.2 Å². The number of aromatic nitrogens is 4. The van der Waals surface area contributed by atoms with Gasteiger partial charge in [0.25, 0.3) is 11.8 Å². The second kappa shape index (κ2) is 21.3. The highest BCUT2D eigenvalue weighted by atomic mass is 16.5. The highest BCUT2D eigenvalue weighted by molar-refractivity contribution is 5.83. The second-order valence-corrected chi connectivity index (χ2v) is 10.6. The quantitative estimate of drug-likeness (QED) is 0.134. The van der Waals surface area contributed by atoms with Crippen LogP contribution < -0.4 is 39.1 Å². The van der Waals surface area contributed by atoms with Gasteiger partial charge in [-0.15, -0.1) is 0 Å². The maximum Gasteiger partial charge on any atom is 0.324 e. The Morgan fingerprint density at radius 1 is 0.560 bits per heavy atom. The standard InChI is InChI=1S/2C18H23N3O4/c2*1-4-5-11-19-17(22)16(13-9-7-6-8-10-13)25-18-20-14(23-2)12-15(21-18)24-3/h2*6-10,12,16H,4-5,11H2,1-3H3,(H,19,22). The van der Waals surface area contributed by atoms with Crippen LogP contribution in [0.1, 0.15) is 62.9 Å². The summed E-state index contributed by atoms with van der Waals surface area (Å²) in [5.41, 5.74) is 1.42. The van der Waals surface area contributed by atoms with E-state index in [9.17, 15) is 9.59 Å². The Balaban J connectivity index is 0.000000270. The summed E-state index contributed by atoms with van der Waals surface area (Å²) >= 11 is 0. The zero-order valence-electron chi connectivity index (χ0n) is 29.4. The smallest absolute Gasteiger partial charge is 0.324 e. The lowest BCUT2D eigenvalue weighted by molar-refractivity contribution is -0.129. The number of rotatable bonds is 18. The number of carbonyl (C=O) groups excluding carboxylic acids is 2. The SMILES string of the molecule is CCCCNC(=O)C(Oc1nc(OC)cc(OC)n1)c1ccccc1.CCCCNC(=O)C(Oc1nc(OC)cc(OC)n1)c1ccccc1. The fraction of sp³-hybridized carbons (Fsp3) is 0.389. The normalized spacial score (nSPS) is 11.5. The molecule has 2 atom stereocenters. The monoisotopic (exact) mass is 690 g/mol. The van der Waals surface area contributed by atoms with Gasteiger partial charge in [-0.25, -0.2) is 0 Å². The highest BCUT2D eigenvalue weighted by Crippen LogP contribution is 2.26. The van der Waals surface area contributed by atoms with Crippen LogP contribution in [0, 0.1) is 0 Å². The molecule has 0 aliphatic rings. The van der Waals surface area contributed by atoms with Crippen molar-refractivity contribution >= 4 is 11.8 Å². The zero-order chi connectivity index (χ0) is 36.1. The molecule has 0 spiro atoms. The predicted molar refractivity (Wildman–Crippen MR) is 186 cm³/mol. The third-order valence-corrected chi connectivity index (χ3v) is 6.94. The molecule has 14 heteroatoms. The molecule has 4 rings (SSSR count). The fourth-order valence-corrected chi connectivity index (χ4v) is 4.27. The molecule has 0 radical (unpaired) electrons. The van der Waals surface area contributed by atoms with Crippen molar-refractivity contribution in [3.63, 3.8) is 0 Å². The van der Waals surface area contributed by atoms with Crippen molar-refractivity contribution in [2.75, 3.05) is 41.5 Å². The molecule has 0 fully saturated rings. The zero-order valence-corrected chi connectivity index (χ0v) is 29.4. The largest absolute Gasteiger partial charge is 0.481 e. The van der Waals surface area contributed by atoms with E-state index in [1.807, 2.05) is 60.7 Å². The second-order valence-electron chi connectivity index (χ2n) is 10.6. The molecule has 2 amide bonds. The van der Waals surface area contributed by atoms with E-state index in [2.05, 4.69) is 44.4 Å². The van der Waals surface area contributed by atoms with Gasteiger partial charge in [-0.05, 0) is 12.8 Å². The van der Waals surface area contributed by atoms with Crippen LogP contribution in [0.5, 0.6) is 35.5 Å². The highest BCUT2D eigenvalue weighted by Gasteiger charge is 2.25. The number of amides is 2. The van der Waals surface area contributed by atoms with Gasteiger partial charge in [-0.3, -0.25) is 9.59 Å². The predicted octanol–water partition coefficient (Wildman–Crippen LogP) is 5.06. The van der Waals surface area contributed by atoms with Crippen LogP contribution >= 0.6 is 0 Å². The molecule has 0 bridgehead atoms. The molecule has 2 aromatic carbocycles. The Labute approximate surface area is 292 Å². The minimum absolute atomic E-state index is 0.00990. The Kier molecular flexibility index (Phi) is 16.6. The van der Waals surface area contributed by atoms with Gasteiger partial charge in [0.2, 0.25) is 35.7 Å². The number of benzene rings is 2. The molecular weight excluding hydrogens is 644 g/mol. The molecule has 2 heterocycles. The minimum Gasteiger partial charge on any atom is -0.481 e. The minimum atomic E-state index is -0.866. The van der Waals surface area contributed by atoms with Crippen molar-refractivity contribution in [3.8, 4) is 35.5 Å². The molecule has 4 aromatic rings. The molecular formula is C36H46N6O8. The molecule has 0 saturated carbocycles. The van der Waals surface area contributed by atoms with Gasteiger partial charge in [0.1, 0.15) is 0 Å². The third-order valence-electron chi connectivity index (χ3n) is 6.94. The third kappa shape index (κ3) is 12.4. The summed E-state index contributed by atoms with van der Waals surface area (Å²) in [6.45, 7) is 5.30. The summed E-state index contributed by atoms with van der Waals surface area (Å²) in [5, 5.41) is 5.76. The lowest BCUT2D eigenvalue weighted by atomic mass is 10.1. The van der Waals surface area contributed by atoms with Gasteiger partial charge >= 0.3 is 12.0 Å². The maximum atomic E-state index is 12.6. The van der Waals surface area contributed by atoms with E-state index >= 15 is 0 Å². The van der Waals surface area contributed by atoms with Gasteiger partial charge in [-0.1, -0.05) is 87.4 Å². The lowest BCUT2D eigenvalue weighted by Crippen LogP contribution is -2.33.